The Morgan fingerprint density at radius 2 is 2.44 bits per heavy atom. The molecule has 1 aliphatic heterocycles. The van der Waals surface area contributed by atoms with Gasteiger partial charge >= 0.3 is 0 Å². The molecule has 0 radical (unpaired) electrons. The lowest BCUT2D eigenvalue weighted by Crippen LogP contribution is -2.33. The van der Waals surface area contributed by atoms with Gasteiger partial charge in [0.1, 0.15) is 0 Å². The third kappa shape index (κ3) is 1.69. The molecule has 3 rings (SSSR count). The fraction of sp³-hybridized carbons (Fsp3) is 0.500. The molecule has 2 aliphatic rings. The Morgan fingerprint density at radius 1 is 1.50 bits per heavy atom. The van der Waals surface area contributed by atoms with Crippen LogP contribution in [0.4, 0.5) is 0 Å². The molecule has 2 N–H and O–H groups in total. The highest BCUT2D eigenvalue weighted by molar-refractivity contribution is 5.78. The maximum absolute atomic E-state index is 11.1. The molecule has 1 saturated heterocycles. The largest absolute Gasteiger partial charge is 0.354 e. The Kier molecular flexibility index (Phi) is 2.36. The van der Waals surface area contributed by atoms with Crippen LogP contribution in [-0.2, 0) is 11.2 Å². The van der Waals surface area contributed by atoms with Gasteiger partial charge in [-0.05, 0) is 24.5 Å². The van der Waals surface area contributed by atoms with Gasteiger partial charge in [0, 0.05) is 25.2 Å². The number of nitrogens with one attached hydrogen (secondary N) is 2. The summed E-state index contributed by atoms with van der Waals surface area (Å²) < 4.78 is 0. The first-order chi connectivity index (χ1) is 7.83. The van der Waals surface area contributed by atoms with Crippen LogP contribution in [-0.4, -0.2) is 23.5 Å². The van der Waals surface area contributed by atoms with Crippen molar-refractivity contribution < 1.29 is 4.79 Å². The number of aromatic nitrogens is 1. The molecule has 0 saturated carbocycles. The molecule has 2 heterocycles. The summed E-state index contributed by atoms with van der Waals surface area (Å²) in [4.78, 5) is 15.5. The molecule has 4 heteroatoms. The molecule has 1 fully saturated rings. The first kappa shape index (κ1) is 9.78. The van der Waals surface area contributed by atoms with Crippen molar-refractivity contribution in [1.29, 1.82) is 0 Å². The predicted octanol–water partition coefficient (Wildman–Crippen LogP) is 0.547. The molecule has 4 nitrogen and oxygen atoms in total. The molecular formula is C12H15N3O. The number of nitrogens with zero attached hydrogens (tertiary/aromatic N) is 1. The summed E-state index contributed by atoms with van der Waals surface area (Å²) in [5.41, 5.74) is 2.51. The van der Waals surface area contributed by atoms with Crippen LogP contribution < -0.4 is 10.6 Å². The van der Waals surface area contributed by atoms with Crippen LogP contribution in [0.1, 0.15) is 30.1 Å². The lowest BCUT2D eigenvalue weighted by atomic mass is 10.1. The van der Waals surface area contributed by atoms with Crippen molar-refractivity contribution in [2.75, 3.05) is 6.54 Å². The van der Waals surface area contributed by atoms with Gasteiger partial charge in [-0.1, -0.05) is 6.07 Å². The highest BCUT2D eigenvalue weighted by Crippen LogP contribution is 2.29. The standard InChI is InChI=1S/C12H15N3O/c16-11-6-9(7-14-11)15-10-4-3-8-2-1-5-13-12(8)10/h1-2,5,9-10,15H,3-4,6-7H2,(H,14,16). The van der Waals surface area contributed by atoms with Gasteiger partial charge in [-0.2, -0.15) is 0 Å². The quantitative estimate of drug-likeness (QED) is 0.760. The zero-order valence-electron chi connectivity index (χ0n) is 9.07. The number of rotatable bonds is 2. The minimum Gasteiger partial charge on any atom is -0.354 e. The van der Waals surface area contributed by atoms with Crippen LogP contribution in [0.15, 0.2) is 18.3 Å². The van der Waals surface area contributed by atoms with Gasteiger partial charge in [-0.3, -0.25) is 9.78 Å². The van der Waals surface area contributed by atoms with E-state index in [1.807, 2.05) is 12.3 Å². The zero-order chi connectivity index (χ0) is 11.0. The molecule has 0 aromatic carbocycles. The van der Waals surface area contributed by atoms with Crippen molar-refractivity contribution in [1.82, 2.24) is 15.6 Å². The van der Waals surface area contributed by atoms with Crippen molar-refractivity contribution in [2.45, 2.75) is 31.3 Å². The van der Waals surface area contributed by atoms with Crippen molar-refractivity contribution >= 4 is 5.91 Å². The number of carbonyl (C=O) groups excluding carboxylic acids is 1. The highest BCUT2D eigenvalue weighted by atomic mass is 16.1. The van der Waals surface area contributed by atoms with E-state index in [1.54, 1.807) is 0 Å². The summed E-state index contributed by atoms with van der Waals surface area (Å²) in [5.74, 6) is 0.150. The topological polar surface area (TPSA) is 54.0 Å². The Labute approximate surface area is 94.5 Å². The summed E-state index contributed by atoms with van der Waals surface area (Å²) in [5, 5.41) is 6.36. The SMILES string of the molecule is O=C1CC(NC2CCc3cccnc32)CN1. The minimum atomic E-state index is 0.150. The maximum Gasteiger partial charge on any atom is 0.221 e. The van der Waals surface area contributed by atoms with Gasteiger partial charge in [0.05, 0.1) is 11.7 Å². The van der Waals surface area contributed by atoms with E-state index in [1.165, 1.54) is 11.3 Å². The molecule has 2 atom stereocenters. The molecule has 84 valence electrons. The van der Waals surface area contributed by atoms with E-state index in [4.69, 9.17) is 0 Å². The molecule has 1 amide bonds. The average Bonchev–Trinajstić information content (AvgIpc) is 2.87. The first-order valence-corrected chi connectivity index (χ1v) is 5.79. The van der Waals surface area contributed by atoms with E-state index in [0.717, 1.165) is 19.4 Å². The molecule has 1 aromatic rings. The zero-order valence-corrected chi connectivity index (χ0v) is 9.07. The van der Waals surface area contributed by atoms with E-state index < -0.39 is 0 Å². The van der Waals surface area contributed by atoms with Crippen molar-refractivity contribution in [3.8, 4) is 0 Å². The lowest BCUT2D eigenvalue weighted by molar-refractivity contribution is -0.119. The molecule has 2 unspecified atom stereocenters. The number of aryl methyl sites for hydroxylation is 1. The second-order valence-electron chi connectivity index (χ2n) is 4.51. The Bertz CT molecular complexity index is 418. The van der Waals surface area contributed by atoms with E-state index in [-0.39, 0.29) is 11.9 Å². The molecule has 1 aromatic heterocycles. The van der Waals surface area contributed by atoms with Crippen LogP contribution in [0.5, 0.6) is 0 Å². The van der Waals surface area contributed by atoms with Gasteiger partial charge in [0.15, 0.2) is 0 Å². The van der Waals surface area contributed by atoms with Crippen LogP contribution in [0.25, 0.3) is 0 Å². The molecule has 0 bridgehead atoms. The van der Waals surface area contributed by atoms with Crippen molar-refractivity contribution in [2.24, 2.45) is 0 Å². The fourth-order valence-corrected chi connectivity index (χ4v) is 2.58. The molecule has 0 spiro atoms. The summed E-state index contributed by atoms with van der Waals surface area (Å²) >= 11 is 0. The second kappa shape index (κ2) is 3.87. The Balaban J connectivity index is 1.71. The third-order valence-electron chi connectivity index (χ3n) is 3.37. The van der Waals surface area contributed by atoms with Crippen molar-refractivity contribution in [3.63, 3.8) is 0 Å². The Hall–Kier alpha value is -1.42. The van der Waals surface area contributed by atoms with Crippen LogP contribution in [0, 0.1) is 0 Å². The van der Waals surface area contributed by atoms with Gasteiger partial charge in [0.2, 0.25) is 5.91 Å². The summed E-state index contributed by atoms with van der Waals surface area (Å²) in [7, 11) is 0. The smallest absolute Gasteiger partial charge is 0.221 e. The van der Waals surface area contributed by atoms with Crippen molar-refractivity contribution in [3.05, 3.63) is 29.6 Å². The highest BCUT2D eigenvalue weighted by Gasteiger charge is 2.28. The van der Waals surface area contributed by atoms with Gasteiger partial charge in [-0.25, -0.2) is 0 Å². The summed E-state index contributed by atoms with van der Waals surface area (Å²) in [6.07, 6.45) is 4.63. The molecular weight excluding hydrogens is 202 g/mol. The van der Waals surface area contributed by atoms with Crippen LogP contribution in [0.2, 0.25) is 0 Å². The van der Waals surface area contributed by atoms with Gasteiger partial charge in [0.25, 0.3) is 0 Å². The second-order valence-corrected chi connectivity index (χ2v) is 4.51. The van der Waals surface area contributed by atoms with E-state index in [9.17, 15) is 4.79 Å². The van der Waals surface area contributed by atoms with Crippen LogP contribution in [0.3, 0.4) is 0 Å². The minimum absolute atomic E-state index is 0.150. The van der Waals surface area contributed by atoms with E-state index in [0.29, 0.717) is 12.5 Å². The van der Waals surface area contributed by atoms with E-state index >= 15 is 0 Å². The van der Waals surface area contributed by atoms with Crippen LogP contribution >= 0.6 is 0 Å². The number of hydrogen-bond donors (Lipinski definition) is 2. The number of pyridine rings is 1. The molecule has 1 aliphatic carbocycles. The number of fused-ring (bicyclic) bond motifs is 1. The number of carbonyl (C=O) groups is 1. The number of amides is 1. The van der Waals surface area contributed by atoms with Gasteiger partial charge < -0.3 is 10.6 Å². The summed E-state index contributed by atoms with van der Waals surface area (Å²) in [6.45, 7) is 0.748. The lowest BCUT2D eigenvalue weighted by Gasteiger charge is -2.17. The maximum atomic E-state index is 11.1. The fourth-order valence-electron chi connectivity index (χ4n) is 2.58. The van der Waals surface area contributed by atoms with Gasteiger partial charge in [-0.15, -0.1) is 0 Å². The predicted molar refractivity (Wildman–Crippen MR) is 59.8 cm³/mol. The molecule has 16 heavy (non-hydrogen) atoms. The average molecular weight is 217 g/mol. The third-order valence-corrected chi connectivity index (χ3v) is 3.37. The monoisotopic (exact) mass is 217 g/mol. The Morgan fingerprint density at radius 3 is 3.25 bits per heavy atom. The normalized spacial score (nSPS) is 27.9. The summed E-state index contributed by atoms with van der Waals surface area (Å²) in [6, 6.07) is 4.73. The number of hydrogen-bond acceptors (Lipinski definition) is 3. The van der Waals surface area contributed by atoms with E-state index in [2.05, 4.69) is 21.7 Å². The first-order valence-electron chi connectivity index (χ1n) is 5.79.